The first-order valence-electron chi connectivity index (χ1n) is 6.46. The Labute approximate surface area is 122 Å². The van der Waals surface area contributed by atoms with Crippen molar-refractivity contribution in [1.82, 2.24) is 4.90 Å². The maximum Gasteiger partial charge on any atom is 0.255 e. The Kier molecular flexibility index (Phi) is 5.06. The molecule has 1 saturated heterocycles. The van der Waals surface area contributed by atoms with E-state index in [0.717, 1.165) is 25.7 Å². The second-order valence-corrected chi connectivity index (χ2v) is 5.44. The van der Waals surface area contributed by atoms with E-state index in [2.05, 4.69) is 0 Å². The van der Waals surface area contributed by atoms with Crippen LogP contribution in [0, 0.1) is 5.82 Å². The summed E-state index contributed by atoms with van der Waals surface area (Å²) in [7, 11) is 0. The number of amides is 1. The zero-order valence-corrected chi connectivity index (χ0v) is 12.1. The summed E-state index contributed by atoms with van der Waals surface area (Å²) in [5, 5.41) is -0.106. The number of hydrogen-bond donors (Lipinski definition) is 0. The van der Waals surface area contributed by atoms with Crippen LogP contribution in [0.5, 0.6) is 0 Å². The molecule has 2 rings (SSSR count). The normalized spacial score (nSPS) is 20.2. The van der Waals surface area contributed by atoms with E-state index in [1.165, 1.54) is 12.1 Å². The van der Waals surface area contributed by atoms with Crippen molar-refractivity contribution in [2.75, 3.05) is 12.4 Å². The Balaban J connectivity index is 2.28. The van der Waals surface area contributed by atoms with Crippen molar-refractivity contribution in [3.8, 4) is 0 Å². The molecule has 2 nitrogen and oxygen atoms in total. The molecule has 1 unspecified atom stereocenters. The molecule has 0 aromatic heterocycles. The first-order chi connectivity index (χ1) is 9.15. The number of hydrogen-bond acceptors (Lipinski definition) is 1. The van der Waals surface area contributed by atoms with E-state index >= 15 is 0 Å². The molecule has 1 aromatic rings. The highest BCUT2D eigenvalue weighted by Gasteiger charge is 2.27. The van der Waals surface area contributed by atoms with Gasteiger partial charge in [-0.3, -0.25) is 4.79 Å². The third kappa shape index (κ3) is 3.21. The minimum Gasteiger partial charge on any atom is -0.334 e. The first-order valence-corrected chi connectivity index (χ1v) is 7.37. The molecule has 5 heteroatoms. The number of carbonyl (C=O) groups is 1. The van der Waals surface area contributed by atoms with Crippen molar-refractivity contribution >= 4 is 29.1 Å². The van der Waals surface area contributed by atoms with E-state index in [-0.39, 0.29) is 22.5 Å². The number of rotatable bonds is 2. The minimum absolute atomic E-state index is 0.0102. The molecule has 1 aliphatic rings. The molecular weight excluding hydrogens is 288 g/mol. The molecule has 1 aliphatic heterocycles. The highest BCUT2D eigenvalue weighted by Crippen LogP contribution is 2.25. The zero-order chi connectivity index (χ0) is 13.8. The van der Waals surface area contributed by atoms with Crippen LogP contribution < -0.4 is 0 Å². The van der Waals surface area contributed by atoms with Crippen molar-refractivity contribution in [2.45, 2.75) is 31.7 Å². The number of halogens is 3. The zero-order valence-electron chi connectivity index (χ0n) is 10.5. The summed E-state index contributed by atoms with van der Waals surface area (Å²) >= 11 is 11.8. The molecule has 0 spiro atoms. The van der Waals surface area contributed by atoms with Gasteiger partial charge in [0.15, 0.2) is 0 Å². The second-order valence-electron chi connectivity index (χ2n) is 4.76. The lowest BCUT2D eigenvalue weighted by Gasteiger charge is -2.29. The van der Waals surface area contributed by atoms with Crippen LogP contribution in [0.1, 0.15) is 36.0 Å². The Bertz CT molecular complexity index is 467. The third-order valence-electron chi connectivity index (χ3n) is 3.50. The highest BCUT2D eigenvalue weighted by molar-refractivity contribution is 6.34. The van der Waals surface area contributed by atoms with Gasteiger partial charge in [0, 0.05) is 18.5 Å². The molecule has 1 heterocycles. The molecule has 1 aromatic carbocycles. The van der Waals surface area contributed by atoms with Crippen molar-refractivity contribution in [3.05, 3.63) is 34.6 Å². The first kappa shape index (κ1) is 14.6. The largest absolute Gasteiger partial charge is 0.334 e. The molecule has 1 amide bonds. The van der Waals surface area contributed by atoms with Crippen LogP contribution in [0.3, 0.4) is 0 Å². The minimum atomic E-state index is -0.565. The van der Waals surface area contributed by atoms with Crippen LogP contribution in [0.15, 0.2) is 18.2 Å². The molecule has 1 atom stereocenters. The molecule has 0 N–H and O–H groups in total. The van der Waals surface area contributed by atoms with E-state index in [1.54, 1.807) is 11.0 Å². The number of nitrogens with zero attached hydrogens (tertiary/aromatic N) is 1. The summed E-state index contributed by atoms with van der Waals surface area (Å²) in [5.74, 6) is -0.389. The summed E-state index contributed by atoms with van der Waals surface area (Å²) in [6, 6.07) is 4.32. The van der Waals surface area contributed by atoms with E-state index in [0.29, 0.717) is 12.4 Å². The number of alkyl halides is 1. The SMILES string of the molecule is O=C(c1cccc(F)c1Cl)N1CCCCCC1CCl. The van der Waals surface area contributed by atoms with Gasteiger partial charge in [0.1, 0.15) is 5.82 Å². The van der Waals surface area contributed by atoms with Crippen LogP contribution in [-0.2, 0) is 0 Å². The van der Waals surface area contributed by atoms with Gasteiger partial charge in [-0.25, -0.2) is 4.39 Å². The molecule has 0 bridgehead atoms. The molecule has 0 aliphatic carbocycles. The van der Waals surface area contributed by atoms with E-state index in [1.807, 2.05) is 0 Å². The molecule has 104 valence electrons. The van der Waals surface area contributed by atoms with Gasteiger partial charge < -0.3 is 4.90 Å². The van der Waals surface area contributed by atoms with E-state index in [4.69, 9.17) is 23.2 Å². The lowest BCUT2D eigenvalue weighted by Crippen LogP contribution is -2.41. The maximum absolute atomic E-state index is 13.4. The highest BCUT2D eigenvalue weighted by atomic mass is 35.5. The van der Waals surface area contributed by atoms with E-state index < -0.39 is 5.82 Å². The van der Waals surface area contributed by atoms with Gasteiger partial charge >= 0.3 is 0 Å². The Morgan fingerprint density at radius 1 is 1.37 bits per heavy atom. The topological polar surface area (TPSA) is 20.3 Å². The summed E-state index contributed by atoms with van der Waals surface area (Å²) in [6.45, 7) is 0.656. The molecule has 0 saturated carbocycles. The average molecular weight is 304 g/mol. The van der Waals surface area contributed by atoms with Gasteiger partial charge in [0.05, 0.1) is 10.6 Å². The van der Waals surface area contributed by atoms with Crippen LogP contribution >= 0.6 is 23.2 Å². The predicted molar refractivity (Wildman–Crippen MR) is 75.4 cm³/mol. The van der Waals surface area contributed by atoms with Gasteiger partial charge in [-0.2, -0.15) is 0 Å². The average Bonchev–Trinajstić information content (AvgIpc) is 2.66. The smallest absolute Gasteiger partial charge is 0.255 e. The van der Waals surface area contributed by atoms with Crippen molar-refractivity contribution < 1.29 is 9.18 Å². The van der Waals surface area contributed by atoms with Crippen molar-refractivity contribution in [3.63, 3.8) is 0 Å². The van der Waals surface area contributed by atoms with Gasteiger partial charge in [-0.1, -0.05) is 30.5 Å². The Morgan fingerprint density at radius 2 is 2.16 bits per heavy atom. The van der Waals surface area contributed by atoms with Gasteiger partial charge in [-0.15, -0.1) is 11.6 Å². The Morgan fingerprint density at radius 3 is 2.89 bits per heavy atom. The summed E-state index contributed by atoms with van der Waals surface area (Å²) in [4.78, 5) is 14.2. The molecule has 0 radical (unpaired) electrons. The van der Waals surface area contributed by atoms with Crippen LogP contribution in [0.2, 0.25) is 5.02 Å². The van der Waals surface area contributed by atoms with Crippen molar-refractivity contribution in [2.24, 2.45) is 0 Å². The van der Waals surface area contributed by atoms with Crippen LogP contribution in [0.4, 0.5) is 4.39 Å². The fourth-order valence-electron chi connectivity index (χ4n) is 2.43. The van der Waals surface area contributed by atoms with E-state index in [9.17, 15) is 9.18 Å². The fourth-order valence-corrected chi connectivity index (χ4v) is 2.96. The molecule has 1 fully saturated rings. The summed E-state index contributed by atoms with van der Waals surface area (Å²) < 4.78 is 13.4. The second kappa shape index (κ2) is 6.58. The predicted octanol–water partition coefficient (Wildman–Crippen LogP) is 4.10. The standard InChI is InChI=1S/C14H16Cl2FNO/c15-9-10-5-2-1-3-8-18(10)14(19)11-6-4-7-12(17)13(11)16/h4,6-7,10H,1-3,5,8-9H2. The van der Waals surface area contributed by atoms with Gasteiger partial charge in [-0.05, 0) is 25.0 Å². The Hall–Kier alpha value is -0.800. The summed E-state index contributed by atoms with van der Waals surface area (Å²) in [5.41, 5.74) is 0.221. The monoisotopic (exact) mass is 303 g/mol. The maximum atomic E-state index is 13.4. The van der Waals surface area contributed by atoms with Crippen LogP contribution in [0.25, 0.3) is 0 Å². The lowest BCUT2D eigenvalue weighted by molar-refractivity contribution is 0.0700. The molecular formula is C14H16Cl2FNO. The number of benzene rings is 1. The quantitative estimate of drug-likeness (QED) is 0.753. The van der Waals surface area contributed by atoms with Gasteiger partial charge in [0.2, 0.25) is 0 Å². The van der Waals surface area contributed by atoms with Crippen LogP contribution in [-0.4, -0.2) is 29.3 Å². The molecule has 19 heavy (non-hydrogen) atoms. The lowest BCUT2D eigenvalue weighted by atomic mass is 10.1. The van der Waals surface area contributed by atoms with Crippen molar-refractivity contribution in [1.29, 1.82) is 0 Å². The van der Waals surface area contributed by atoms with Gasteiger partial charge in [0.25, 0.3) is 5.91 Å². The fraction of sp³-hybridized carbons (Fsp3) is 0.500. The third-order valence-corrected chi connectivity index (χ3v) is 4.24. The summed E-state index contributed by atoms with van der Waals surface area (Å²) in [6.07, 6.45) is 4.00. The number of carbonyl (C=O) groups excluding carboxylic acids is 1. The number of likely N-dealkylation sites (tertiary alicyclic amines) is 1.